The summed E-state index contributed by atoms with van der Waals surface area (Å²) < 4.78 is 5.29. The molecule has 2 aromatic heterocycles. The number of phenols is 3. The predicted octanol–water partition coefficient (Wildman–Crippen LogP) is 4.57. The SMILES string of the molecule is C/C=C1\[C@H]2C=C(C)C[C@@]1(N)c1ccc(=O)[nH]c1C2.O=c1c(-c2ccc(O)cc2)coc2cc(O)cc(O)c12. The second kappa shape index (κ2) is 9.39. The van der Waals surface area contributed by atoms with Crippen molar-refractivity contribution in [1.29, 1.82) is 0 Å². The van der Waals surface area contributed by atoms with Crippen LogP contribution < -0.4 is 16.7 Å². The summed E-state index contributed by atoms with van der Waals surface area (Å²) in [5.41, 5.74) is 11.4. The van der Waals surface area contributed by atoms with Gasteiger partial charge in [0.1, 0.15) is 34.5 Å². The van der Waals surface area contributed by atoms with Gasteiger partial charge in [-0.1, -0.05) is 29.9 Å². The van der Waals surface area contributed by atoms with Gasteiger partial charge in [0, 0.05) is 29.8 Å². The third-order valence-electron chi connectivity index (χ3n) is 7.19. The van der Waals surface area contributed by atoms with E-state index in [1.807, 2.05) is 6.07 Å². The number of fused-ring (bicyclic) bond motifs is 5. The Hall–Kier alpha value is -4.56. The molecule has 0 amide bonds. The minimum atomic E-state index is -0.434. The molecule has 8 heteroatoms. The molecule has 8 nitrogen and oxygen atoms in total. The fourth-order valence-corrected chi connectivity index (χ4v) is 5.63. The second-order valence-electron chi connectivity index (χ2n) is 9.79. The van der Waals surface area contributed by atoms with Crippen LogP contribution in [0.25, 0.3) is 22.1 Å². The van der Waals surface area contributed by atoms with Crippen LogP contribution in [0.1, 0.15) is 31.5 Å². The molecule has 2 aromatic carbocycles. The van der Waals surface area contributed by atoms with Crippen molar-refractivity contribution in [2.45, 2.75) is 32.2 Å². The van der Waals surface area contributed by atoms with Crippen LogP contribution in [0.15, 0.2) is 92.1 Å². The van der Waals surface area contributed by atoms with Gasteiger partial charge in [0.25, 0.3) is 0 Å². The van der Waals surface area contributed by atoms with Gasteiger partial charge in [0.2, 0.25) is 11.0 Å². The average Bonchev–Trinajstić information content (AvgIpc) is 2.84. The molecule has 0 radical (unpaired) electrons. The molecular weight excluding hydrogens is 484 g/mol. The van der Waals surface area contributed by atoms with Crippen LogP contribution in [0.5, 0.6) is 17.2 Å². The number of benzene rings is 2. The molecule has 0 fully saturated rings. The van der Waals surface area contributed by atoms with Gasteiger partial charge in [0.05, 0.1) is 11.1 Å². The zero-order valence-corrected chi connectivity index (χ0v) is 21.0. The minimum Gasteiger partial charge on any atom is -0.508 e. The maximum atomic E-state index is 12.4. The molecular formula is C30H28N2O6. The number of hydrogen-bond donors (Lipinski definition) is 5. The van der Waals surface area contributed by atoms with E-state index in [9.17, 15) is 24.9 Å². The fourth-order valence-electron chi connectivity index (χ4n) is 5.63. The van der Waals surface area contributed by atoms with Crippen molar-refractivity contribution in [2.75, 3.05) is 0 Å². The Balaban J connectivity index is 0.000000156. The minimum absolute atomic E-state index is 0.00775. The number of aromatic nitrogens is 1. The molecule has 4 aromatic rings. The van der Waals surface area contributed by atoms with Gasteiger partial charge >= 0.3 is 0 Å². The highest BCUT2D eigenvalue weighted by atomic mass is 16.3. The highest BCUT2D eigenvalue weighted by Crippen LogP contribution is 2.47. The van der Waals surface area contributed by atoms with Crippen LogP contribution in [-0.4, -0.2) is 20.3 Å². The molecule has 2 aliphatic carbocycles. The molecule has 6 rings (SSSR count). The van der Waals surface area contributed by atoms with E-state index < -0.39 is 11.0 Å². The Morgan fingerprint density at radius 3 is 2.50 bits per heavy atom. The number of aromatic hydroxyl groups is 3. The summed E-state index contributed by atoms with van der Waals surface area (Å²) >= 11 is 0. The molecule has 0 saturated heterocycles. The fraction of sp³-hybridized carbons (Fsp3) is 0.200. The first kappa shape index (κ1) is 25.1. The zero-order chi connectivity index (χ0) is 27.2. The molecule has 2 atom stereocenters. The maximum absolute atomic E-state index is 12.4. The van der Waals surface area contributed by atoms with E-state index in [0.717, 1.165) is 30.2 Å². The largest absolute Gasteiger partial charge is 0.508 e. The van der Waals surface area contributed by atoms with Gasteiger partial charge in [-0.3, -0.25) is 9.59 Å². The lowest BCUT2D eigenvalue weighted by Crippen LogP contribution is -2.48. The summed E-state index contributed by atoms with van der Waals surface area (Å²) in [5, 5.41) is 28.4. The Bertz CT molecular complexity index is 1730. The monoisotopic (exact) mass is 512 g/mol. The van der Waals surface area contributed by atoms with Crippen LogP contribution in [-0.2, 0) is 12.0 Å². The first-order valence-electron chi connectivity index (χ1n) is 12.2. The molecule has 38 heavy (non-hydrogen) atoms. The molecule has 0 aliphatic heterocycles. The Morgan fingerprint density at radius 1 is 1.05 bits per heavy atom. The first-order valence-corrected chi connectivity index (χ1v) is 12.2. The topological polar surface area (TPSA) is 150 Å². The lowest BCUT2D eigenvalue weighted by Gasteiger charge is -2.45. The van der Waals surface area contributed by atoms with Gasteiger partial charge in [-0.05, 0) is 61.6 Å². The van der Waals surface area contributed by atoms with Crippen molar-refractivity contribution >= 4 is 11.0 Å². The molecule has 0 saturated carbocycles. The van der Waals surface area contributed by atoms with Gasteiger partial charge < -0.3 is 30.5 Å². The van der Waals surface area contributed by atoms with E-state index in [1.54, 1.807) is 18.2 Å². The number of nitrogens with one attached hydrogen (secondary N) is 1. The highest BCUT2D eigenvalue weighted by Gasteiger charge is 2.43. The maximum Gasteiger partial charge on any atom is 0.248 e. The van der Waals surface area contributed by atoms with Gasteiger partial charge in [-0.25, -0.2) is 0 Å². The lowest BCUT2D eigenvalue weighted by atomic mass is 9.63. The van der Waals surface area contributed by atoms with Gasteiger partial charge in [0.15, 0.2) is 0 Å². The van der Waals surface area contributed by atoms with E-state index in [2.05, 4.69) is 31.0 Å². The number of rotatable bonds is 1. The molecule has 2 heterocycles. The Labute approximate surface area is 218 Å². The lowest BCUT2D eigenvalue weighted by molar-refractivity contribution is 0.409. The van der Waals surface area contributed by atoms with Crippen LogP contribution in [0.4, 0.5) is 0 Å². The third kappa shape index (κ3) is 4.29. The number of aromatic amines is 1. The number of allylic oxidation sites excluding steroid dienone is 2. The van der Waals surface area contributed by atoms with Crippen molar-refractivity contribution in [3.8, 4) is 28.4 Å². The third-order valence-corrected chi connectivity index (χ3v) is 7.19. The van der Waals surface area contributed by atoms with Crippen molar-refractivity contribution in [1.82, 2.24) is 4.98 Å². The molecule has 0 unspecified atom stereocenters. The standard InChI is InChI=1S/C15H18N2O.C15H10O5/c1-3-11-10-6-9(2)8-15(11,16)12-4-5-14(18)17-13(12)7-10;16-9-3-1-8(2-4-9)11-7-20-13-6-10(17)5-12(18)14(13)15(11)19/h3-6,10H,7-8,16H2,1-2H3,(H,17,18);1-7,16-18H/b11-3+;/t10-,15-;/m0./s1. The molecule has 0 spiro atoms. The van der Waals surface area contributed by atoms with Crippen molar-refractivity contribution < 1.29 is 19.7 Å². The van der Waals surface area contributed by atoms with E-state index in [0.29, 0.717) is 11.5 Å². The summed E-state index contributed by atoms with van der Waals surface area (Å²) in [7, 11) is 0. The number of pyridine rings is 1. The number of phenolic OH excluding ortho intramolecular Hbond substituents is 3. The van der Waals surface area contributed by atoms with Crippen molar-refractivity contribution in [3.63, 3.8) is 0 Å². The molecule has 194 valence electrons. The predicted molar refractivity (Wildman–Crippen MR) is 145 cm³/mol. The van der Waals surface area contributed by atoms with E-state index in [-0.39, 0.29) is 39.3 Å². The van der Waals surface area contributed by atoms with Crippen molar-refractivity contribution in [2.24, 2.45) is 11.7 Å². The van der Waals surface area contributed by atoms with Crippen LogP contribution in [0, 0.1) is 5.92 Å². The molecule has 6 N–H and O–H groups in total. The Kier molecular flexibility index (Phi) is 6.20. The highest BCUT2D eigenvalue weighted by molar-refractivity contribution is 5.88. The molecule has 2 bridgehead atoms. The van der Waals surface area contributed by atoms with Crippen LogP contribution >= 0.6 is 0 Å². The quantitative estimate of drug-likeness (QED) is 0.234. The van der Waals surface area contributed by atoms with Gasteiger partial charge in [-0.15, -0.1) is 0 Å². The summed E-state index contributed by atoms with van der Waals surface area (Å²) in [6.07, 6.45) is 7.37. The number of H-pyrrole nitrogens is 1. The second-order valence-corrected chi connectivity index (χ2v) is 9.79. The first-order chi connectivity index (χ1) is 18.1. The molecule has 2 aliphatic rings. The number of nitrogens with two attached hydrogens (primary N) is 1. The zero-order valence-electron chi connectivity index (χ0n) is 21.0. The van der Waals surface area contributed by atoms with Crippen LogP contribution in [0.3, 0.4) is 0 Å². The summed E-state index contributed by atoms with van der Waals surface area (Å²) in [6, 6.07) is 11.9. The average molecular weight is 513 g/mol. The van der Waals surface area contributed by atoms with Gasteiger partial charge in [-0.2, -0.15) is 0 Å². The number of hydrogen-bond acceptors (Lipinski definition) is 7. The summed E-state index contributed by atoms with van der Waals surface area (Å²) in [5.74, 6) is -0.101. The van der Waals surface area contributed by atoms with Crippen LogP contribution in [0.2, 0.25) is 0 Å². The smallest absolute Gasteiger partial charge is 0.248 e. The van der Waals surface area contributed by atoms with E-state index in [4.69, 9.17) is 10.2 Å². The van der Waals surface area contributed by atoms with E-state index >= 15 is 0 Å². The Morgan fingerprint density at radius 2 is 1.79 bits per heavy atom. The summed E-state index contributed by atoms with van der Waals surface area (Å²) in [4.78, 5) is 26.8. The van der Waals surface area contributed by atoms with Crippen molar-refractivity contribution in [3.05, 3.63) is 110 Å². The van der Waals surface area contributed by atoms with E-state index in [1.165, 1.54) is 35.6 Å². The normalized spacial score (nSPS) is 20.9. The summed E-state index contributed by atoms with van der Waals surface area (Å²) in [6.45, 7) is 4.19.